The van der Waals surface area contributed by atoms with E-state index in [1.807, 2.05) is 19.0 Å². The molecular formula is C30H40N4O7. The van der Waals surface area contributed by atoms with Gasteiger partial charge in [0.2, 0.25) is 5.91 Å². The van der Waals surface area contributed by atoms with Crippen molar-refractivity contribution < 1.29 is 34.2 Å². The minimum atomic E-state index is -2.72. The lowest BCUT2D eigenvalue weighted by atomic mass is 9.52. The molecule has 1 aliphatic heterocycles. The third-order valence-corrected chi connectivity index (χ3v) is 9.65. The van der Waals surface area contributed by atoms with E-state index in [0.717, 1.165) is 37.2 Å². The fourth-order valence-corrected chi connectivity index (χ4v) is 7.94. The van der Waals surface area contributed by atoms with E-state index in [1.54, 1.807) is 20.2 Å². The van der Waals surface area contributed by atoms with Crippen molar-refractivity contribution in [1.82, 2.24) is 9.80 Å². The number of ketones is 4. The maximum atomic E-state index is 14.0. The lowest BCUT2D eigenvalue weighted by molar-refractivity contribution is -0.181. The number of likely N-dealkylation sites (tertiary alicyclic amines) is 1. The minimum absolute atomic E-state index is 0.0277. The molecule has 41 heavy (non-hydrogen) atoms. The Labute approximate surface area is 239 Å². The quantitative estimate of drug-likeness (QED) is 0.422. The zero-order valence-corrected chi connectivity index (χ0v) is 24.2. The van der Waals surface area contributed by atoms with Crippen LogP contribution in [-0.4, -0.2) is 102 Å². The van der Waals surface area contributed by atoms with E-state index < -0.39 is 64.4 Å². The number of fused-ring (bicyclic) bond motifs is 3. The summed E-state index contributed by atoms with van der Waals surface area (Å²) in [7, 11) is 6.91. The van der Waals surface area contributed by atoms with Crippen LogP contribution in [0.4, 0.5) is 5.69 Å². The van der Waals surface area contributed by atoms with Gasteiger partial charge in [-0.25, -0.2) is 0 Å². The summed E-state index contributed by atoms with van der Waals surface area (Å²) in [5, 5.41) is 22.9. The Hall–Kier alpha value is -3.15. The van der Waals surface area contributed by atoms with E-state index in [1.165, 1.54) is 17.7 Å². The molecule has 3 fully saturated rings. The standard InChI is InChI=1S/C30H40N4O7/c1-32(2)23-16(14-34-9-7-5-6-8-10-34)13-19(35)21-17(23)11-15-12-18-24(33(3)4)26(37)22(29(31)40)28(39)30(18,41)27(38)20(15)25(21)36/h13,15,18,20,22,24,35,41H,5-12,14H2,1-4H3,(H2,31,40)/t15-,18-,20?,22?,24-,30-/m0/s1. The Morgan fingerprint density at radius 3 is 2.24 bits per heavy atom. The molecule has 0 spiro atoms. The van der Waals surface area contributed by atoms with Crippen LogP contribution >= 0.6 is 0 Å². The summed E-state index contributed by atoms with van der Waals surface area (Å²) >= 11 is 0. The van der Waals surface area contributed by atoms with Gasteiger partial charge in [0.05, 0.1) is 17.5 Å². The van der Waals surface area contributed by atoms with Crippen LogP contribution < -0.4 is 10.6 Å². The zero-order chi connectivity index (χ0) is 30.0. The van der Waals surface area contributed by atoms with Crippen molar-refractivity contribution in [1.29, 1.82) is 0 Å². The number of nitrogens with zero attached hydrogens (tertiary/aromatic N) is 3. The summed E-state index contributed by atoms with van der Waals surface area (Å²) in [6, 6.07) is 0.477. The normalized spacial score (nSPS) is 32.3. The number of aromatic hydroxyl groups is 1. The van der Waals surface area contributed by atoms with Gasteiger partial charge in [-0.1, -0.05) is 12.8 Å². The van der Waals surface area contributed by atoms with Gasteiger partial charge < -0.3 is 20.8 Å². The highest BCUT2D eigenvalue weighted by molar-refractivity contribution is 6.32. The maximum absolute atomic E-state index is 14.0. The van der Waals surface area contributed by atoms with Crippen molar-refractivity contribution in [3.63, 3.8) is 0 Å². The van der Waals surface area contributed by atoms with Gasteiger partial charge >= 0.3 is 0 Å². The number of rotatable bonds is 5. The average Bonchev–Trinajstić information content (AvgIpc) is 3.14. The fraction of sp³-hybridized carbons (Fsp3) is 0.633. The van der Waals surface area contributed by atoms with Crippen LogP contribution in [0.1, 0.15) is 53.6 Å². The van der Waals surface area contributed by atoms with Gasteiger partial charge in [0.1, 0.15) is 5.75 Å². The summed E-state index contributed by atoms with van der Waals surface area (Å²) in [4.78, 5) is 72.7. The molecule has 1 saturated heterocycles. The molecule has 4 aliphatic rings. The largest absolute Gasteiger partial charge is 0.507 e. The van der Waals surface area contributed by atoms with Gasteiger partial charge in [-0.3, -0.25) is 33.8 Å². The fourth-order valence-electron chi connectivity index (χ4n) is 7.94. The number of carbonyl (C=O) groups is 5. The second kappa shape index (κ2) is 10.6. The Morgan fingerprint density at radius 1 is 1.05 bits per heavy atom. The number of primary amides is 1. The molecule has 11 nitrogen and oxygen atoms in total. The van der Waals surface area contributed by atoms with Crippen LogP contribution in [-0.2, 0) is 32.1 Å². The number of hydrogen-bond donors (Lipinski definition) is 3. The van der Waals surface area contributed by atoms with Gasteiger partial charge in [-0.15, -0.1) is 0 Å². The summed E-state index contributed by atoms with van der Waals surface area (Å²) in [6.07, 6.45) is 4.86. The number of hydrogen-bond acceptors (Lipinski definition) is 10. The summed E-state index contributed by atoms with van der Waals surface area (Å²) < 4.78 is 0. The molecule has 0 bridgehead atoms. The van der Waals surface area contributed by atoms with Crippen LogP contribution in [0, 0.1) is 23.7 Å². The lowest BCUT2D eigenvalue weighted by Crippen LogP contribution is -2.74. The SMILES string of the molecule is CN(C)c1c(CN2CCCCCC2)cc(O)c2c1C[C@H]1C[C@H]3[C@H](N(C)C)C(=O)C(C(N)=O)C(=O)[C@@]3(O)C(=O)C1C2=O. The molecule has 222 valence electrons. The molecule has 6 atom stereocenters. The van der Waals surface area contributed by atoms with Crippen LogP contribution in [0.3, 0.4) is 0 Å². The summed E-state index contributed by atoms with van der Waals surface area (Å²) in [6.45, 7) is 2.50. The van der Waals surface area contributed by atoms with Crippen LogP contribution in [0.25, 0.3) is 0 Å². The number of phenols is 1. The number of anilines is 1. The summed E-state index contributed by atoms with van der Waals surface area (Å²) in [5.41, 5.74) is 5.03. The van der Waals surface area contributed by atoms with Crippen molar-refractivity contribution in [2.75, 3.05) is 46.2 Å². The molecule has 11 heteroatoms. The topological polar surface area (TPSA) is 162 Å². The lowest BCUT2D eigenvalue weighted by Gasteiger charge is -2.52. The molecular weight excluding hydrogens is 528 g/mol. The Bertz CT molecular complexity index is 1320. The Balaban J connectivity index is 1.60. The van der Waals surface area contributed by atoms with Crippen molar-refractivity contribution >= 4 is 34.7 Å². The van der Waals surface area contributed by atoms with E-state index in [-0.39, 0.29) is 24.2 Å². The Kier molecular flexibility index (Phi) is 7.59. The number of likely N-dealkylation sites (N-methyl/N-ethyl adjacent to an activating group) is 1. The predicted molar refractivity (Wildman–Crippen MR) is 149 cm³/mol. The van der Waals surface area contributed by atoms with Crippen LogP contribution in [0.5, 0.6) is 5.75 Å². The molecule has 2 saturated carbocycles. The number of amides is 1. The van der Waals surface area contributed by atoms with Gasteiger partial charge in [0.15, 0.2) is 34.7 Å². The molecule has 0 radical (unpaired) electrons. The first-order valence-corrected chi connectivity index (χ1v) is 14.4. The van der Waals surface area contributed by atoms with Crippen molar-refractivity contribution in [2.24, 2.45) is 29.4 Å². The number of Topliss-reactive ketones (excluding diaryl/α,β-unsaturated/α-hetero) is 4. The third kappa shape index (κ3) is 4.49. The van der Waals surface area contributed by atoms with Crippen molar-refractivity contribution in [3.8, 4) is 5.75 Å². The third-order valence-electron chi connectivity index (χ3n) is 9.65. The zero-order valence-electron chi connectivity index (χ0n) is 24.2. The number of aliphatic hydroxyl groups is 1. The highest BCUT2D eigenvalue weighted by Gasteiger charge is 2.69. The molecule has 1 aromatic carbocycles. The number of phenolic OH excluding ortho intramolecular Hbond substituents is 1. The highest BCUT2D eigenvalue weighted by atomic mass is 16.3. The van der Waals surface area contributed by atoms with E-state index in [2.05, 4.69) is 4.90 Å². The first kappa shape index (κ1) is 29.3. The van der Waals surface area contributed by atoms with Crippen molar-refractivity contribution in [3.05, 3.63) is 22.8 Å². The molecule has 1 amide bonds. The Morgan fingerprint density at radius 2 is 1.68 bits per heavy atom. The van der Waals surface area contributed by atoms with Gasteiger partial charge in [0.25, 0.3) is 0 Å². The minimum Gasteiger partial charge on any atom is -0.507 e. The molecule has 5 rings (SSSR count). The first-order chi connectivity index (χ1) is 19.3. The first-order valence-electron chi connectivity index (χ1n) is 14.4. The maximum Gasteiger partial charge on any atom is 0.235 e. The monoisotopic (exact) mass is 568 g/mol. The van der Waals surface area contributed by atoms with E-state index in [0.29, 0.717) is 12.1 Å². The van der Waals surface area contributed by atoms with E-state index >= 15 is 0 Å². The van der Waals surface area contributed by atoms with Crippen molar-refractivity contribution in [2.45, 2.75) is 56.7 Å². The van der Waals surface area contributed by atoms with Gasteiger partial charge in [-0.05, 0) is 76.0 Å². The second-order valence-electron chi connectivity index (χ2n) is 12.6. The molecule has 0 aromatic heterocycles. The molecule has 4 N–H and O–H groups in total. The smallest absolute Gasteiger partial charge is 0.235 e. The number of carbonyl (C=O) groups excluding carboxylic acids is 5. The molecule has 1 aromatic rings. The van der Waals surface area contributed by atoms with E-state index in [9.17, 15) is 34.2 Å². The predicted octanol–water partition coefficient (Wildman–Crippen LogP) is 0.309. The molecule has 2 unspecified atom stereocenters. The number of nitrogens with two attached hydrogens (primary N) is 1. The van der Waals surface area contributed by atoms with Crippen LogP contribution in [0.2, 0.25) is 0 Å². The van der Waals surface area contributed by atoms with Crippen LogP contribution in [0.15, 0.2) is 6.07 Å². The molecule has 1 heterocycles. The highest BCUT2D eigenvalue weighted by Crippen LogP contribution is 2.52. The number of benzene rings is 1. The van der Waals surface area contributed by atoms with Gasteiger partial charge in [0, 0.05) is 32.2 Å². The second-order valence-corrected chi connectivity index (χ2v) is 12.6. The molecule has 3 aliphatic carbocycles. The average molecular weight is 569 g/mol. The van der Waals surface area contributed by atoms with Gasteiger partial charge in [-0.2, -0.15) is 0 Å². The van der Waals surface area contributed by atoms with E-state index in [4.69, 9.17) is 5.73 Å². The summed E-state index contributed by atoms with van der Waals surface area (Å²) in [5.74, 6) is -10.3.